The number of ketones is 1. The first-order valence-corrected chi connectivity index (χ1v) is 7.62. The molecule has 3 rings (SSSR count). The molecule has 0 aliphatic heterocycles. The molecular formula is C18H19NO3. The van der Waals surface area contributed by atoms with Gasteiger partial charge in [-0.3, -0.25) is 9.59 Å². The largest absolute Gasteiger partial charge is 0.454 e. The Morgan fingerprint density at radius 3 is 2.86 bits per heavy atom. The van der Waals surface area contributed by atoms with Gasteiger partial charge in [0.2, 0.25) is 5.78 Å². The molecule has 2 aromatic rings. The van der Waals surface area contributed by atoms with Crippen LogP contribution >= 0.6 is 0 Å². The zero-order valence-corrected chi connectivity index (χ0v) is 12.5. The van der Waals surface area contributed by atoms with E-state index in [1.165, 1.54) is 0 Å². The Kier molecular flexibility index (Phi) is 4.09. The Labute approximate surface area is 129 Å². The molecule has 0 spiro atoms. The second-order valence-corrected chi connectivity index (χ2v) is 5.67. The van der Waals surface area contributed by atoms with Crippen molar-refractivity contribution in [3.63, 3.8) is 0 Å². The number of hydrogen-bond acceptors (Lipinski definition) is 3. The van der Waals surface area contributed by atoms with Gasteiger partial charge < -0.3 is 9.72 Å². The molecule has 1 N–H and O–H groups in total. The maximum Gasteiger partial charge on any atom is 0.309 e. The fourth-order valence-corrected chi connectivity index (χ4v) is 2.83. The van der Waals surface area contributed by atoms with Crippen LogP contribution in [0.15, 0.2) is 42.6 Å². The van der Waals surface area contributed by atoms with Crippen LogP contribution in [0.3, 0.4) is 0 Å². The maximum absolute atomic E-state index is 12.5. The SMILES string of the molecule is C[C@H](OC(=O)[C@@H]1CC=CCC1)C(=O)c1c[nH]c2ccccc12. The summed E-state index contributed by atoms with van der Waals surface area (Å²) in [4.78, 5) is 27.7. The monoisotopic (exact) mass is 297 g/mol. The van der Waals surface area contributed by atoms with E-state index in [2.05, 4.69) is 11.1 Å². The first kappa shape index (κ1) is 14.6. The molecule has 4 heteroatoms. The number of H-pyrrole nitrogens is 1. The summed E-state index contributed by atoms with van der Waals surface area (Å²) in [7, 11) is 0. The lowest BCUT2D eigenvalue weighted by atomic mass is 9.94. The standard InChI is InChI=1S/C18H19NO3/c1-12(22-18(21)13-7-3-2-4-8-13)17(20)15-11-19-16-10-6-5-9-14(15)16/h2-3,5-6,9-13,19H,4,7-8H2,1H3/t12-,13+/m0/s1. The van der Waals surface area contributed by atoms with Gasteiger partial charge in [-0.05, 0) is 32.3 Å². The number of aromatic nitrogens is 1. The molecule has 1 aromatic heterocycles. The molecule has 1 aliphatic carbocycles. The Morgan fingerprint density at radius 1 is 1.27 bits per heavy atom. The van der Waals surface area contributed by atoms with Crippen molar-refractivity contribution in [3.05, 3.63) is 48.2 Å². The second kappa shape index (κ2) is 6.18. The molecule has 0 fully saturated rings. The molecule has 22 heavy (non-hydrogen) atoms. The molecule has 0 bridgehead atoms. The Hall–Kier alpha value is -2.36. The lowest BCUT2D eigenvalue weighted by molar-refractivity contribution is -0.151. The molecule has 0 saturated heterocycles. The lowest BCUT2D eigenvalue weighted by Crippen LogP contribution is -2.28. The molecule has 4 nitrogen and oxygen atoms in total. The van der Waals surface area contributed by atoms with Gasteiger partial charge in [-0.2, -0.15) is 0 Å². The summed E-state index contributed by atoms with van der Waals surface area (Å²) in [5.74, 6) is -0.564. The van der Waals surface area contributed by atoms with E-state index < -0.39 is 6.10 Å². The van der Waals surface area contributed by atoms with E-state index >= 15 is 0 Å². The number of fused-ring (bicyclic) bond motifs is 1. The molecule has 1 aliphatic rings. The first-order chi connectivity index (χ1) is 10.7. The molecule has 2 atom stereocenters. The number of carbonyl (C=O) groups is 2. The second-order valence-electron chi connectivity index (χ2n) is 5.67. The highest BCUT2D eigenvalue weighted by atomic mass is 16.5. The van der Waals surface area contributed by atoms with E-state index in [0.29, 0.717) is 12.0 Å². The van der Waals surface area contributed by atoms with E-state index in [-0.39, 0.29) is 17.7 Å². The van der Waals surface area contributed by atoms with Crippen LogP contribution in [0.5, 0.6) is 0 Å². The summed E-state index contributed by atoms with van der Waals surface area (Å²) < 4.78 is 5.39. The summed E-state index contributed by atoms with van der Waals surface area (Å²) in [6.45, 7) is 1.64. The van der Waals surface area contributed by atoms with Crippen LogP contribution in [0.1, 0.15) is 36.5 Å². The van der Waals surface area contributed by atoms with Crippen LogP contribution in [0, 0.1) is 5.92 Å². The highest BCUT2D eigenvalue weighted by molar-refractivity contribution is 6.10. The van der Waals surface area contributed by atoms with Gasteiger partial charge in [0.05, 0.1) is 5.92 Å². The van der Waals surface area contributed by atoms with Gasteiger partial charge in [-0.1, -0.05) is 30.4 Å². The number of rotatable bonds is 4. The topological polar surface area (TPSA) is 59.2 Å². The van der Waals surface area contributed by atoms with E-state index in [0.717, 1.165) is 23.7 Å². The van der Waals surface area contributed by atoms with Crippen molar-refractivity contribution in [2.24, 2.45) is 5.92 Å². The first-order valence-electron chi connectivity index (χ1n) is 7.62. The summed E-state index contributed by atoms with van der Waals surface area (Å²) in [6, 6.07) is 7.60. The normalized spacial score (nSPS) is 19.0. The zero-order valence-electron chi connectivity index (χ0n) is 12.5. The van der Waals surface area contributed by atoms with Crippen LogP contribution in [0.25, 0.3) is 10.9 Å². The number of benzene rings is 1. The van der Waals surface area contributed by atoms with Crippen molar-refractivity contribution in [1.29, 1.82) is 0 Å². The molecule has 114 valence electrons. The Morgan fingerprint density at radius 2 is 2.09 bits per heavy atom. The molecule has 1 heterocycles. The average Bonchev–Trinajstić information content (AvgIpc) is 2.99. The highest BCUT2D eigenvalue weighted by Gasteiger charge is 2.26. The van der Waals surface area contributed by atoms with Gasteiger partial charge in [0.15, 0.2) is 6.10 Å². The number of esters is 1. The number of Topliss-reactive ketones (excluding diaryl/α,β-unsaturated/α-hetero) is 1. The van der Waals surface area contributed by atoms with Gasteiger partial charge >= 0.3 is 5.97 Å². The van der Waals surface area contributed by atoms with Gasteiger partial charge in [-0.25, -0.2) is 0 Å². The van der Waals surface area contributed by atoms with Gasteiger partial charge in [0.25, 0.3) is 0 Å². The zero-order chi connectivity index (χ0) is 15.5. The van der Waals surface area contributed by atoms with E-state index in [1.807, 2.05) is 30.3 Å². The van der Waals surface area contributed by atoms with Gasteiger partial charge in [-0.15, -0.1) is 0 Å². The number of ether oxygens (including phenoxy) is 1. The van der Waals surface area contributed by atoms with Crippen LogP contribution in [-0.4, -0.2) is 22.8 Å². The van der Waals surface area contributed by atoms with Crippen molar-refractivity contribution in [2.45, 2.75) is 32.3 Å². The minimum Gasteiger partial charge on any atom is -0.454 e. The number of carbonyl (C=O) groups excluding carboxylic acids is 2. The predicted molar refractivity (Wildman–Crippen MR) is 84.7 cm³/mol. The van der Waals surface area contributed by atoms with E-state index in [1.54, 1.807) is 13.1 Å². The third kappa shape index (κ3) is 2.82. The van der Waals surface area contributed by atoms with Crippen molar-refractivity contribution < 1.29 is 14.3 Å². The molecule has 0 amide bonds. The third-order valence-electron chi connectivity index (χ3n) is 4.12. The summed E-state index contributed by atoms with van der Waals surface area (Å²) in [5.41, 5.74) is 1.47. The van der Waals surface area contributed by atoms with Crippen molar-refractivity contribution in [2.75, 3.05) is 0 Å². The van der Waals surface area contributed by atoms with Crippen molar-refractivity contribution in [1.82, 2.24) is 4.98 Å². The van der Waals surface area contributed by atoms with E-state index in [4.69, 9.17) is 4.74 Å². The minimum atomic E-state index is -0.766. The van der Waals surface area contributed by atoms with Gasteiger partial charge in [0, 0.05) is 22.7 Å². The van der Waals surface area contributed by atoms with Crippen LogP contribution in [0.2, 0.25) is 0 Å². The van der Waals surface area contributed by atoms with Gasteiger partial charge in [0.1, 0.15) is 0 Å². The minimum absolute atomic E-state index is 0.122. The Balaban J connectivity index is 1.71. The highest BCUT2D eigenvalue weighted by Crippen LogP contribution is 2.23. The third-order valence-corrected chi connectivity index (χ3v) is 4.12. The van der Waals surface area contributed by atoms with Crippen molar-refractivity contribution >= 4 is 22.7 Å². The molecular weight excluding hydrogens is 278 g/mol. The lowest BCUT2D eigenvalue weighted by Gasteiger charge is -2.19. The van der Waals surface area contributed by atoms with Crippen LogP contribution in [-0.2, 0) is 9.53 Å². The molecule has 1 aromatic carbocycles. The summed E-state index contributed by atoms with van der Waals surface area (Å²) >= 11 is 0. The average molecular weight is 297 g/mol. The summed E-state index contributed by atoms with van der Waals surface area (Å²) in [5, 5.41) is 0.857. The number of para-hydroxylation sites is 1. The molecule has 0 radical (unpaired) electrons. The quantitative estimate of drug-likeness (QED) is 0.532. The summed E-state index contributed by atoms with van der Waals surface area (Å²) in [6.07, 6.45) is 7.38. The number of allylic oxidation sites excluding steroid dienone is 2. The maximum atomic E-state index is 12.5. The predicted octanol–water partition coefficient (Wildman–Crippen LogP) is 3.64. The fourth-order valence-electron chi connectivity index (χ4n) is 2.83. The smallest absolute Gasteiger partial charge is 0.309 e. The van der Waals surface area contributed by atoms with Crippen molar-refractivity contribution in [3.8, 4) is 0 Å². The number of nitrogens with one attached hydrogen (secondary N) is 1. The molecule has 0 unspecified atom stereocenters. The van der Waals surface area contributed by atoms with Crippen LogP contribution in [0.4, 0.5) is 0 Å². The number of hydrogen-bond donors (Lipinski definition) is 1. The fraction of sp³-hybridized carbons (Fsp3) is 0.333. The molecule has 0 saturated carbocycles. The van der Waals surface area contributed by atoms with Crippen LogP contribution < -0.4 is 0 Å². The Bertz CT molecular complexity index is 729. The number of aromatic amines is 1. The van der Waals surface area contributed by atoms with E-state index in [9.17, 15) is 9.59 Å².